The van der Waals surface area contributed by atoms with Crippen molar-refractivity contribution in [1.29, 1.82) is 0 Å². The van der Waals surface area contributed by atoms with Crippen molar-refractivity contribution < 1.29 is 13.2 Å². The first-order chi connectivity index (χ1) is 15.0. The van der Waals surface area contributed by atoms with E-state index in [0.717, 1.165) is 38.2 Å². The molecule has 0 aliphatic carbocycles. The Morgan fingerprint density at radius 1 is 1.26 bits per heavy atom. The predicted octanol–water partition coefficient (Wildman–Crippen LogP) is 3.33. The SMILES string of the molecule is CCCS(=O)(=O)c1ncc(CN(C)CCn2ccc3ccccc32)n1C[C@@H]1CCCO1. The Hall–Kier alpha value is -2.16. The van der Waals surface area contributed by atoms with E-state index in [2.05, 4.69) is 58.0 Å². The molecular formula is C23H32N4O3S. The zero-order chi connectivity index (χ0) is 21.8. The van der Waals surface area contributed by atoms with Crippen molar-refractivity contribution in [3.8, 4) is 0 Å². The van der Waals surface area contributed by atoms with Gasteiger partial charge in [-0.2, -0.15) is 0 Å². The standard InChI is InChI=1S/C23H32N4O3S/c1-3-15-31(28,29)23-24-16-20(27(23)18-21-8-6-14-30-21)17-25(2)12-13-26-11-10-19-7-4-5-9-22(19)26/h4-5,7,9-11,16,21H,3,6,8,12-15,17-18H2,1-2H3/t21-/m0/s1. The minimum absolute atomic E-state index is 0.0556. The van der Waals surface area contributed by atoms with E-state index in [1.165, 1.54) is 10.9 Å². The third-order valence-corrected chi connectivity index (χ3v) is 7.73. The lowest BCUT2D eigenvalue weighted by atomic mass is 10.2. The monoisotopic (exact) mass is 444 g/mol. The van der Waals surface area contributed by atoms with Crippen LogP contribution >= 0.6 is 0 Å². The van der Waals surface area contributed by atoms with Gasteiger partial charge in [-0.1, -0.05) is 25.1 Å². The van der Waals surface area contributed by atoms with Gasteiger partial charge >= 0.3 is 0 Å². The van der Waals surface area contributed by atoms with Gasteiger partial charge in [-0.05, 0) is 43.8 Å². The minimum atomic E-state index is -3.40. The number of sulfone groups is 1. The number of ether oxygens (including phenoxy) is 1. The van der Waals surface area contributed by atoms with Crippen LogP contribution in [-0.2, 0) is 34.2 Å². The fourth-order valence-corrected chi connectivity index (χ4v) is 5.74. The Morgan fingerprint density at radius 2 is 2.10 bits per heavy atom. The lowest BCUT2D eigenvalue weighted by Gasteiger charge is -2.20. The molecule has 4 rings (SSSR count). The second-order valence-corrected chi connectivity index (χ2v) is 10.4. The van der Waals surface area contributed by atoms with E-state index < -0.39 is 9.84 Å². The molecule has 3 heterocycles. The summed E-state index contributed by atoms with van der Waals surface area (Å²) >= 11 is 0. The molecule has 0 N–H and O–H groups in total. The molecule has 7 nitrogen and oxygen atoms in total. The zero-order valence-electron chi connectivity index (χ0n) is 18.4. The second-order valence-electron chi connectivity index (χ2n) is 8.40. The highest BCUT2D eigenvalue weighted by molar-refractivity contribution is 7.91. The molecular weight excluding hydrogens is 412 g/mol. The third kappa shape index (κ3) is 5.02. The highest BCUT2D eigenvalue weighted by Gasteiger charge is 2.26. The maximum absolute atomic E-state index is 12.8. The molecule has 31 heavy (non-hydrogen) atoms. The average molecular weight is 445 g/mol. The van der Waals surface area contributed by atoms with Crippen LogP contribution in [0.4, 0.5) is 0 Å². The van der Waals surface area contributed by atoms with Gasteiger partial charge in [-0.3, -0.25) is 4.90 Å². The third-order valence-electron chi connectivity index (χ3n) is 5.90. The summed E-state index contributed by atoms with van der Waals surface area (Å²) < 4.78 is 35.5. The number of hydrogen-bond acceptors (Lipinski definition) is 5. The molecule has 8 heteroatoms. The van der Waals surface area contributed by atoms with Gasteiger partial charge in [0.25, 0.3) is 0 Å². The van der Waals surface area contributed by atoms with E-state index in [9.17, 15) is 8.42 Å². The average Bonchev–Trinajstić information content (AvgIpc) is 3.48. The highest BCUT2D eigenvalue weighted by Crippen LogP contribution is 2.21. The summed E-state index contributed by atoms with van der Waals surface area (Å²) in [7, 11) is -1.33. The first-order valence-corrected chi connectivity index (χ1v) is 12.7. The van der Waals surface area contributed by atoms with Gasteiger partial charge in [0, 0.05) is 38.0 Å². The van der Waals surface area contributed by atoms with Crippen molar-refractivity contribution in [2.24, 2.45) is 0 Å². The van der Waals surface area contributed by atoms with Gasteiger partial charge in [-0.25, -0.2) is 13.4 Å². The number of likely N-dealkylation sites (N-methyl/N-ethyl adjacent to an activating group) is 1. The zero-order valence-corrected chi connectivity index (χ0v) is 19.2. The van der Waals surface area contributed by atoms with E-state index in [1.807, 2.05) is 11.5 Å². The summed E-state index contributed by atoms with van der Waals surface area (Å²) in [4.78, 5) is 6.56. The summed E-state index contributed by atoms with van der Waals surface area (Å²) in [5, 5.41) is 1.43. The molecule has 2 aromatic heterocycles. The normalized spacial score (nSPS) is 17.2. The molecule has 1 aliphatic heterocycles. The molecule has 1 fully saturated rings. The number of imidazole rings is 1. The summed E-state index contributed by atoms with van der Waals surface area (Å²) in [6.07, 6.45) is 6.46. The molecule has 168 valence electrons. The van der Waals surface area contributed by atoms with Crippen LogP contribution in [0.15, 0.2) is 47.9 Å². The van der Waals surface area contributed by atoms with Crippen molar-refractivity contribution in [1.82, 2.24) is 19.0 Å². The molecule has 0 spiro atoms. The van der Waals surface area contributed by atoms with Gasteiger partial charge < -0.3 is 13.9 Å². The summed E-state index contributed by atoms with van der Waals surface area (Å²) in [5.41, 5.74) is 2.15. The Morgan fingerprint density at radius 3 is 2.87 bits per heavy atom. The van der Waals surface area contributed by atoms with E-state index >= 15 is 0 Å². The Labute approximate surface area is 184 Å². The first-order valence-electron chi connectivity index (χ1n) is 11.1. The van der Waals surface area contributed by atoms with Crippen LogP contribution in [0.25, 0.3) is 10.9 Å². The Balaban J connectivity index is 1.49. The van der Waals surface area contributed by atoms with Gasteiger partial charge in [-0.15, -0.1) is 0 Å². The number of fused-ring (bicyclic) bond motifs is 1. The molecule has 0 amide bonds. The summed E-state index contributed by atoms with van der Waals surface area (Å²) in [6, 6.07) is 10.5. The van der Waals surface area contributed by atoms with Crippen molar-refractivity contribution >= 4 is 20.7 Å². The van der Waals surface area contributed by atoms with Gasteiger partial charge in [0.2, 0.25) is 15.0 Å². The molecule has 0 radical (unpaired) electrons. The lowest BCUT2D eigenvalue weighted by Crippen LogP contribution is -2.27. The number of para-hydroxylation sites is 1. The first kappa shape index (κ1) is 22.0. The maximum atomic E-state index is 12.8. The number of nitrogens with zero attached hydrogens (tertiary/aromatic N) is 4. The van der Waals surface area contributed by atoms with E-state index in [4.69, 9.17) is 4.74 Å². The lowest BCUT2D eigenvalue weighted by molar-refractivity contribution is 0.0934. The van der Waals surface area contributed by atoms with Crippen LogP contribution in [0.5, 0.6) is 0 Å². The van der Waals surface area contributed by atoms with Crippen LogP contribution in [0.2, 0.25) is 0 Å². The number of hydrogen-bond donors (Lipinski definition) is 0. The number of benzene rings is 1. The van der Waals surface area contributed by atoms with Crippen LogP contribution in [0, 0.1) is 0 Å². The Kier molecular flexibility index (Phi) is 6.79. The van der Waals surface area contributed by atoms with Crippen LogP contribution in [-0.4, -0.2) is 59.5 Å². The van der Waals surface area contributed by atoms with Crippen LogP contribution in [0.3, 0.4) is 0 Å². The smallest absolute Gasteiger partial charge is 0.227 e. The molecule has 0 bridgehead atoms. The van der Waals surface area contributed by atoms with E-state index in [1.54, 1.807) is 6.20 Å². The Bertz CT molecular complexity index is 1110. The quantitative estimate of drug-likeness (QED) is 0.480. The second kappa shape index (κ2) is 9.54. The summed E-state index contributed by atoms with van der Waals surface area (Å²) in [5.74, 6) is 0.117. The molecule has 1 saturated heterocycles. The predicted molar refractivity (Wildman–Crippen MR) is 122 cm³/mol. The molecule has 0 saturated carbocycles. The fraction of sp³-hybridized carbons (Fsp3) is 0.522. The van der Waals surface area contributed by atoms with Gasteiger partial charge in [0.1, 0.15) is 0 Å². The van der Waals surface area contributed by atoms with Crippen LogP contribution in [0.1, 0.15) is 31.9 Å². The maximum Gasteiger partial charge on any atom is 0.227 e. The largest absolute Gasteiger partial charge is 0.376 e. The fourth-order valence-electron chi connectivity index (χ4n) is 4.28. The highest BCUT2D eigenvalue weighted by atomic mass is 32.2. The number of aromatic nitrogens is 3. The molecule has 0 unspecified atom stereocenters. The van der Waals surface area contributed by atoms with Gasteiger partial charge in [0.15, 0.2) is 0 Å². The molecule has 1 atom stereocenters. The van der Waals surface area contributed by atoms with Crippen molar-refractivity contribution in [3.63, 3.8) is 0 Å². The van der Waals surface area contributed by atoms with Crippen molar-refractivity contribution in [2.75, 3.05) is 26.0 Å². The summed E-state index contributed by atoms with van der Waals surface area (Å²) in [6.45, 7) is 5.52. The van der Waals surface area contributed by atoms with Gasteiger partial charge in [0.05, 0.1) is 30.3 Å². The molecule has 1 aliphatic rings. The van der Waals surface area contributed by atoms with Crippen molar-refractivity contribution in [3.05, 3.63) is 48.4 Å². The number of rotatable bonds is 10. The minimum Gasteiger partial charge on any atom is -0.376 e. The van der Waals surface area contributed by atoms with Crippen molar-refractivity contribution in [2.45, 2.75) is 57.1 Å². The van der Waals surface area contributed by atoms with E-state index in [-0.39, 0.29) is 17.0 Å². The van der Waals surface area contributed by atoms with Crippen LogP contribution < -0.4 is 0 Å². The topological polar surface area (TPSA) is 69.4 Å². The molecule has 3 aromatic rings. The van der Waals surface area contributed by atoms with E-state index in [0.29, 0.717) is 19.5 Å². The molecule has 1 aromatic carbocycles.